The zero-order chi connectivity index (χ0) is 13.4. The Hall–Kier alpha value is -2.33. The number of aromatic nitrogens is 1. The Morgan fingerprint density at radius 3 is 2.58 bits per heavy atom. The van der Waals surface area contributed by atoms with Crippen LogP contribution in [0.25, 0.3) is 22.6 Å². The molecule has 0 bridgehead atoms. The van der Waals surface area contributed by atoms with Crippen molar-refractivity contribution in [1.29, 1.82) is 0 Å². The van der Waals surface area contributed by atoms with Crippen molar-refractivity contribution in [2.24, 2.45) is 5.73 Å². The predicted molar refractivity (Wildman–Crippen MR) is 73.0 cm³/mol. The van der Waals surface area contributed by atoms with Crippen molar-refractivity contribution in [3.8, 4) is 11.5 Å². The molecule has 0 radical (unpaired) electrons. The summed E-state index contributed by atoms with van der Waals surface area (Å²) in [6.07, 6.45) is 0. The van der Waals surface area contributed by atoms with Gasteiger partial charge >= 0.3 is 0 Å². The summed E-state index contributed by atoms with van der Waals surface area (Å²) >= 11 is 5.83. The Labute approximate surface area is 113 Å². The Kier molecular flexibility index (Phi) is 2.72. The molecule has 5 heteroatoms. The summed E-state index contributed by atoms with van der Waals surface area (Å²) < 4.78 is 5.62. The van der Waals surface area contributed by atoms with E-state index in [1.54, 1.807) is 30.3 Å². The van der Waals surface area contributed by atoms with Crippen molar-refractivity contribution in [3.05, 3.63) is 53.1 Å². The van der Waals surface area contributed by atoms with Crippen molar-refractivity contribution in [1.82, 2.24) is 4.98 Å². The molecule has 2 aromatic carbocycles. The summed E-state index contributed by atoms with van der Waals surface area (Å²) in [4.78, 5) is 15.5. The van der Waals surface area contributed by atoms with Gasteiger partial charge in [0.15, 0.2) is 5.58 Å². The smallest absolute Gasteiger partial charge is 0.248 e. The van der Waals surface area contributed by atoms with Crippen LogP contribution in [0.2, 0.25) is 5.02 Å². The first kappa shape index (κ1) is 11.7. The number of nitrogens with zero attached hydrogens (tertiary/aromatic N) is 1. The van der Waals surface area contributed by atoms with E-state index in [1.165, 1.54) is 0 Å². The molecule has 0 aliphatic carbocycles. The maximum absolute atomic E-state index is 11.1. The number of benzene rings is 2. The minimum Gasteiger partial charge on any atom is -0.436 e. The van der Waals surface area contributed by atoms with Crippen molar-refractivity contribution in [2.45, 2.75) is 0 Å². The molecule has 4 nitrogen and oxygen atoms in total. The predicted octanol–water partition coefficient (Wildman–Crippen LogP) is 3.25. The lowest BCUT2D eigenvalue weighted by atomic mass is 10.2. The molecule has 0 spiro atoms. The standard InChI is InChI=1S/C14H9ClN2O2/c15-10-4-1-8(2-5-10)14-17-11-6-3-9(13(16)18)7-12(11)19-14/h1-7H,(H2,16,18). The number of fused-ring (bicyclic) bond motifs is 1. The summed E-state index contributed by atoms with van der Waals surface area (Å²) in [6, 6.07) is 12.1. The summed E-state index contributed by atoms with van der Waals surface area (Å²) in [5, 5.41) is 0.649. The Balaban J connectivity index is 2.11. The average Bonchev–Trinajstić information content (AvgIpc) is 2.82. The lowest BCUT2D eigenvalue weighted by molar-refractivity contribution is 0.100. The van der Waals surface area contributed by atoms with Crippen molar-refractivity contribution in [3.63, 3.8) is 0 Å². The van der Waals surface area contributed by atoms with Gasteiger partial charge in [0.1, 0.15) is 5.52 Å². The lowest BCUT2D eigenvalue weighted by Crippen LogP contribution is -2.10. The van der Waals surface area contributed by atoms with Crippen LogP contribution in [0.3, 0.4) is 0 Å². The van der Waals surface area contributed by atoms with Crippen LogP contribution in [0.15, 0.2) is 46.9 Å². The summed E-state index contributed by atoms with van der Waals surface area (Å²) in [5.41, 5.74) is 7.64. The third-order valence-electron chi connectivity index (χ3n) is 2.76. The SMILES string of the molecule is NC(=O)c1ccc2nc(-c3ccc(Cl)cc3)oc2c1. The zero-order valence-electron chi connectivity index (χ0n) is 9.76. The Morgan fingerprint density at radius 2 is 1.89 bits per heavy atom. The number of nitrogens with two attached hydrogens (primary N) is 1. The number of rotatable bonds is 2. The average molecular weight is 273 g/mol. The highest BCUT2D eigenvalue weighted by Gasteiger charge is 2.10. The van der Waals surface area contributed by atoms with E-state index in [1.807, 2.05) is 12.1 Å². The van der Waals surface area contributed by atoms with E-state index in [9.17, 15) is 4.79 Å². The van der Waals surface area contributed by atoms with Crippen LogP contribution in [0.5, 0.6) is 0 Å². The van der Waals surface area contributed by atoms with Gasteiger partial charge in [-0.1, -0.05) is 11.6 Å². The van der Waals surface area contributed by atoms with Gasteiger partial charge in [-0.05, 0) is 42.5 Å². The molecular formula is C14H9ClN2O2. The molecule has 0 fully saturated rings. The van der Waals surface area contributed by atoms with E-state index in [0.29, 0.717) is 27.6 Å². The normalized spacial score (nSPS) is 10.8. The van der Waals surface area contributed by atoms with Gasteiger partial charge in [0, 0.05) is 16.1 Å². The molecule has 94 valence electrons. The van der Waals surface area contributed by atoms with Crippen LogP contribution < -0.4 is 5.73 Å². The molecule has 3 rings (SSSR count). The summed E-state index contributed by atoms with van der Waals surface area (Å²) in [7, 11) is 0. The fourth-order valence-electron chi connectivity index (χ4n) is 1.79. The highest BCUT2D eigenvalue weighted by molar-refractivity contribution is 6.30. The molecule has 1 amide bonds. The van der Waals surface area contributed by atoms with E-state index in [0.717, 1.165) is 5.56 Å². The summed E-state index contributed by atoms with van der Waals surface area (Å²) in [6.45, 7) is 0. The number of hydrogen-bond acceptors (Lipinski definition) is 3. The third-order valence-corrected chi connectivity index (χ3v) is 3.02. The second kappa shape index (κ2) is 4.40. The summed E-state index contributed by atoms with van der Waals surface area (Å²) in [5.74, 6) is -0.0142. The number of amides is 1. The zero-order valence-corrected chi connectivity index (χ0v) is 10.5. The van der Waals surface area contributed by atoms with Crippen molar-refractivity contribution >= 4 is 28.6 Å². The number of carbonyl (C=O) groups is 1. The second-order valence-corrected chi connectivity index (χ2v) is 4.51. The molecule has 2 N–H and O–H groups in total. The number of hydrogen-bond donors (Lipinski definition) is 1. The molecule has 19 heavy (non-hydrogen) atoms. The van der Waals surface area contributed by atoms with E-state index in [2.05, 4.69) is 4.98 Å². The van der Waals surface area contributed by atoms with Gasteiger partial charge in [-0.3, -0.25) is 4.79 Å². The molecule has 0 saturated heterocycles. The molecule has 0 aliphatic heterocycles. The van der Waals surface area contributed by atoms with Crippen LogP contribution >= 0.6 is 11.6 Å². The second-order valence-electron chi connectivity index (χ2n) is 4.07. The first-order chi connectivity index (χ1) is 9.13. The van der Waals surface area contributed by atoms with E-state index >= 15 is 0 Å². The van der Waals surface area contributed by atoms with Gasteiger partial charge in [0.25, 0.3) is 0 Å². The molecule has 1 heterocycles. The van der Waals surface area contributed by atoms with Crippen LogP contribution in [0.4, 0.5) is 0 Å². The van der Waals surface area contributed by atoms with Gasteiger partial charge in [-0.15, -0.1) is 0 Å². The maximum atomic E-state index is 11.1. The molecule has 0 saturated carbocycles. The number of halogens is 1. The molecule has 3 aromatic rings. The largest absolute Gasteiger partial charge is 0.436 e. The van der Waals surface area contributed by atoms with E-state index in [-0.39, 0.29) is 0 Å². The number of oxazole rings is 1. The minimum atomic E-state index is -0.494. The van der Waals surface area contributed by atoms with Gasteiger partial charge in [0.05, 0.1) is 0 Å². The Bertz CT molecular complexity index is 763. The fourth-order valence-corrected chi connectivity index (χ4v) is 1.92. The molecule has 0 atom stereocenters. The van der Waals surface area contributed by atoms with Crippen LogP contribution in [-0.2, 0) is 0 Å². The number of primary amides is 1. The Morgan fingerprint density at radius 1 is 1.16 bits per heavy atom. The van der Waals surface area contributed by atoms with Gasteiger partial charge in [-0.2, -0.15) is 0 Å². The van der Waals surface area contributed by atoms with Crippen LogP contribution in [0, 0.1) is 0 Å². The highest BCUT2D eigenvalue weighted by Crippen LogP contribution is 2.25. The first-order valence-electron chi connectivity index (χ1n) is 5.60. The first-order valence-corrected chi connectivity index (χ1v) is 5.97. The van der Waals surface area contributed by atoms with Crippen LogP contribution in [0.1, 0.15) is 10.4 Å². The molecule has 0 unspecified atom stereocenters. The molecular weight excluding hydrogens is 264 g/mol. The lowest BCUT2D eigenvalue weighted by Gasteiger charge is -1.94. The third kappa shape index (κ3) is 2.18. The monoisotopic (exact) mass is 272 g/mol. The fraction of sp³-hybridized carbons (Fsp3) is 0. The minimum absolute atomic E-state index is 0.395. The highest BCUT2D eigenvalue weighted by atomic mass is 35.5. The topological polar surface area (TPSA) is 69.1 Å². The van der Waals surface area contributed by atoms with E-state index in [4.69, 9.17) is 21.8 Å². The number of carbonyl (C=O) groups excluding carboxylic acids is 1. The van der Waals surface area contributed by atoms with Crippen molar-refractivity contribution < 1.29 is 9.21 Å². The quantitative estimate of drug-likeness (QED) is 0.778. The van der Waals surface area contributed by atoms with Gasteiger partial charge < -0.3 is 10.2 Å². The van der Waals surface area contributed by atoms with Gasteiger partial charge in [-0.25, -0.2) is 4.98 Å². The van der Waals surface area contributed by atoms with Crippen molar-refractivity contribution in [2.75, 3.05) is 0 Å². The molecule has 1 aromatic heterocycles. The maximum Gasteiger partial charge on any atom is 0.248 e. The van der Waals surface area contributed by atoms with Gasteiger partial charge in [0.2, 0.25) is 11.8 Å². The molecule has 0 aliphatic rings. The van der Waals surface area contributed by atoms with E-state index < -0.39 is 5.91 Å². The van der Waals surface area contributed by atoms with Crippen LogP contribution in [-0.4, -0.2) is 10.9 Å².